The van der Waals surface area contributed by atoms with E-state index in [4.69, 9.17) is 0 Å². The molecule has 0 radical (unpaired) electrons. The number of rotatable bonds is 6. The minimum Gasteiger partial charge on any atom is -0.346 e. The molecule has 0 aliphatic carbocycles. The smallest absolute Gasteiger partial charge is 0.346 e. The lowest BCUT2D eigenvalue weighted by Gasteiger charge is -2.13. The molecule has 1 N–H and O–H groups in total. The highest BCUT2D eigenvalue weighted by Gasteiger charge is 2.21. The molecule has 34 heavy (non-hydrogen) atoms. The Bertz CT molecular complexity index is 1460. The number of hydrogen-bond acceptors (Lipinski definition) is 4. The molecule has 1 heterocycles. The number of nitrogens with one attached hydrogen (secondary N) is 1. The average molecular weight is 466 g/mol. The van der Waals surface area contributed by atoms with Gasteiger partial charge < -0.3 is 5.32 Å². The first-order valence-electron chi connectivity index (χ1n) is 10.1. The van der Waals surface area contributed by atoms with E-state index >= 15 is 0 Å². The SMILES string of the molecule is O=C(NCc1ccc(F)cc1)c1nn(-c2ccc(F)cc2)c(=O)n(Cc2ccccc2F)c1=O. The highest BCUT2D eigenvalue weighted by Crippen LogP contribution is 2.09. The Morgan fingerprint density at radius 2 is 1.47 bits per heavy atom. The van der Waals surface area contributed by atoms with E-state index in [1.807, 2.05) is 0 Å². The maximum atomic E-state index is 14.2. The van der Waals surface area contributed by atoms with Gasteiger partial charge in [0, 0.05) is 12.1 Å². The lowest BCUT2D eigenvalue weighted by Crippen LogP contribution is -2.46. The van der Waals surface area contributed by atoms with E-state index in [1.54, 1.807) is 6.07 Å². The number of halogens is 3. The van der Waals surface area contributed by atoms with Crippen molar-refractivity contribution in [1.29, 1.82) is 0 Å². The number of nitrogens with zero attached hydrogens (tertiary/aromatic N) is 3. The van der Waals surface area contributed by atoms with Gasteiger partial charge in [0.2, 0.25) is 5.69 Å². The summed E-state index contributed by atoms with van der Waals surface area (Å²) in [4.78, 5) is 38.9. The summed E-state index contributed by atoms with van der Waals surface area (Å²) in [6.07, 6.45) is 0. The fourth-order valence-electron chi connectivity index (χ4n) is 3.21. The van der Waals surface area contributed by atoms with Crippen molar-refractivity contribution >= 4 is 5.91 Å². The first kappa shape index (κ1) is 22.7. The van der Waals surface area contributed by atoms with Crippen LogP contribution in [0.3, 0.4) is 0 Å². The second-order valence-electron chi connectivity index (χ2n) is 7.31. The fraction of sp³-hybridized carbons (Fsp3) is 0.0833. The largest absolute Gasteiger partial charge is 0.352 e. The maximum Gasteiger partial charge on any atom is 0.352 e. The summed E-state index contributed by atoms with van der Waals surface area (Å²) in [5, 5.41) is 6.40. The van der Waals surface area contributed by atoms with Gasteiger partial charge in [0.15, 0.2) is 0 Å². The van der Waals surface area contributed by atoms with Gasteiger partial charge in [-0.25, -0.2) is 18.0 Å². The van der Waals surface area contributed by atoms with Gasteiger partial charge in [-0.05, 0) is 48.0 Å². The van der Waals surface area contributed by atoms with E-state index in [9.17, 15) is 27.6 Å². The average Bonchev–Trinajstić information content (AvgIpc) is 2.83. The summed E-state index contributed by atoms with van der Waals surface area (Å²) < 4.78 is 42.1. The number of benzene rings is 3. The molecule has 0 unspecified atom stereocenters. The van der Waals surface area contributed by atoms with Crippen molar-refractivity contribution < 1.29 is 18.0 Å². The number of hydrogen-bond donors (Lipinski definition) is 1. The van der Waals surface area contributed by atoms with Gasteiger partial charge in [0.25, 0.3) is 11.5 Å². The van der Waals surface area contributed by atoms with Crippen molar-refractivity contribution in [2.24, 2.45) is 0 Å². The molecule has 7 nitrogen and oxygen atoms in total. The van der Waals surface area contributed by atoms with E-state index in [1.165, 1.54) is 54.6 Å². The van der Waals surface area contributed by atoms with Crippen LogP contribution >= 0.6 is 0 Å². The van der Waals surface area contributed by atoms with E-state index in [0.717, 1.165) is 16.8 Å². The highest BCUT2D eigenvalue weighted by molar-refractivity contribution is 5.91. The Balaban J connectivity index is 1.77. The molecule has 172 valence electrons. The van der Waals surface area contributed by atoms with Crippen LogP contribution in [0.1, 0.15) is 21.6 Å². The van der Waals surface area contributed by atoms with Crippen LogP contribution in [0, 0.1) is 17.5 Å². The van der Waals surface area contributed by atoms with E-state index < -0.39 is 46.8 Å². The monoisotopic (exact) mass is 466 g/mol. The summed E-state index contributed by atoms with van der Waals surface area (Å²) in [5.74, 6) is -2.54. The molecule has 0 bridgehead atoms. The zero-order valence-corrected chi connectivity index (χ0v) is 17.5. The molecule has 4 aromatic rings. The Morgan fingerprint density at radius 1 is 0.853 bits per heavy atom. The second kappa shape index (κ2) is 9.57. The first-order valence-corrected chi connectivity index (χ1v) is 10.1. The number of carbonyl (C=O) groups excluding carboxylic acids is 1. The standard InChI is InChI=1S/C24H17F3N4O3/c25-17-7-5-15(6-8-17)13-28-22(32)21-23(33)30(14-16-3-1-2-4-20(16)27)24(34)31(29-21)19-11-9-18(26)10-12-19/h1-12H,13-14H2,(H,28,32). The third kappa shape index (κ3) is 4.80. The van der Waals surface area contributed by atoms with Crippen LogP contribution in [-0.4, -0.2) is 20.3 Å². The maximum absolute atomic E-state index is 14.2. The van der Waals surface area contributed by atoms with E-state index in [-0.39, 0.29) is 17.8 Å². The fourth-order valence-corrected chi connectivity index (χ4v) is 3.21. The van der Waals surface area contributed by atoms with Gasteiger partial charge in [-0.2, -0.15) is 9.78 Å². The molecule has 3 aromatic carbocycles. The van der Waals surface area contributed by atoms with Crippen LogP contribution in [0.4, 0.5) is 13.2 Å². The Hall–Kier alpha value is -4.47. The predicted molar refractivity (Wildman–Crippen MR) is 117 cm³/mol. The lowest BCUT2D eigenvalue weighted by atomic mass is 10.2. The summed E-state index contributed by atoms with van der Waals surface area (Å²) in [5.41, 5.74) is -1.87. The van der Waals surface area contributed by atoms with Crippen LogP contribution in [-0.2, 0) is 13.1 Å². The molecule has 0 saturated heterocycles. The predicted octanol–water partition coefficient (Wildman–Crippen LogP) is 2.79. The highest BCUT2D eigenvalue weighted by atomic mass is 19.1. The van der Waals surface area contributed by atoms with Gasteiger partial charge >= 0.3 is 5.69 Å². The second-order valence-corrected chi connectivity index (χ2v) is 7.31. The van der Waals surface area contributed by atoms with E-state index in [2.05, 4.69) is 10.4 Å². The Morgan fingerprint density at radius 3 is 2.12 bits per heavy atom. The topological polar surface area (TPSA) is 86.0 Å². The quantitative estimate of drug-likeness (QED) is 0.474. The molecule has 0 aliphatic heterocycles. The van der Waals surface area contributed by atoms with Gasteiger partial charge in [-0.3, -0.25) is 14.2 Å². The van der Waals surface area contributed by atoms with Crippen LogP contribution in [0.2, 0.25) is 0 Å². The normalized spacial score (nSPS) is 10.8. The van der Waals surface area contributed by atoms with Gasteiger partial charge in [-0.15, -0.1) is 0 Å². The van der Waals surface area contributed by atoms with Crippen molar-refractivity contribution in [1.82, 2.24) is 19.7 Å². The van der Waals surface area contributed by atoms with Crippen LogP contribution in [0.15, 0.2) is 82.4 Å². The molecular formula is C24H17F3N4O3. The molecule has 0 spiro atoms. The molecule has 1 aromatic heterocycles. The van der Waals surface area contributed by atoms with Crippen LogP contribution < -0.4 is 16.6 Å². The summed E-state index contributed by atoms with van der Waals surface area (Å²) in [6, 6.07) is 15.6. The molecule has 0 aliphatic rings. The molecule has 0 fully saturated rings. The van der Waals surface area contributed by atoms with Crippen molar-refractivity contribution in [2.45, 2.75) is 13.1 Å². The zero-order chi connectivity index (χ0) is 24.2. The Kier molecular flexibility index (Phi) is 6.39. The third-order valence-corrected chi connectivity index (χ3v) is 5.00. The molecular weight excluding hydrogens is 449 g/mol. The third-order valence-electron chi connectivity index (χ3n) is 5.00. The van der Waals surface area contributed by atoms with Crippen LogP contribution in [0.5, 0.6) is 0 Å². The number of carbonyl (C=O) groups is 1. The number of aromatic nitrogens is 3. The molecule has 10 heteroatoms. The summed E-state index contributed by atoms with van der Waals surface area (Å²) >= 11 is 0. The summed E-state index contributed by atoms with van der Waals surface area (Å²) in [7, 11) is 0. The van der Waals surface area contributed by atoms with Gasteiger partial charge in [0.1, 0.15) is 17.5 Å². The summed E-state index contributed by atoms with van der Waals surface area (Å²) in [6.45, 7) is -0.491. The Labute approximate surface area is 190 Å². The molecule has 0 saturated carbocycles. The zero-order valence-electron chi connectivity index (χ0n) is 17.5. The molecule has 1 amide bonds. The first-order chi connectivity index (χ1) is 16.3. The number of amides is 1. The minimum absolute atomic E-state index is 0.0385. The van der Waals surface area contributed by atoms with Gasteiger partial charge in [0.05, 0.1) is 12.2 Å². The van der Waals surface area contributed by atoms with Crippen LogP contribution in [0.25, 0.3) is 5.69 Å². The van der Waals surface area contributed by atoms with E-state index in [0.29, 0.717) is 10.1 Å². The van der Waals surface area contributed by atoms with Gasteiger partial charge in [-0.1, -0.05) is 30.3 Å². The van der Waals surface area contributed by atoms with Crippen molar-refractivity contribution in [3.63, 3.8) is 0 Å². The molecule has 0 atom stereocenters. The minimum atomic E-state index is -1.02. The van der Waals surface area contributed by atoms with Crippen molar-refractivity contribution in [3.8, 4) is 5.69 Å². The molecule has 4 rings (SSSR count). The van der Waals surface area contributed by atoms with Crippen molar-refractivity contribution in [3.05, 3.63) is 128 Å². The van der Waals surface area contributed by atoms with Crippen molar-refractivity contribution in [2.75, 3.05) is 0 Å². The lowest BCUT2D eigenvalue weighted by molar-refractivity contribution is 0.0941.